The molecular formula is C44H28Br2N4. The number of fused-ring (bicyclic) bond motifs is 8. The van der Waals surface area contributed by atoms with Gasteiger partial charge in [0.15, 0.2) is 0 Å². The molecule has 4 aromatic carbocycles. The molecule has 0 aliphatic carbocycles. The summed E-state index contributed by atoms with van der Waals surface area (Å²) in [5, 5.41) is 0. The molecule has 8 bridgehead atoms. The Kier molecular flexibility index (Phi) is 7.76. The Hall–Kier alpha value is -5.56. The third kappa shape index (κ3) is 5.20. The van der Waals surface area contributed by atoms with Crippen molar-refractivity contribution < 1.29 is 0 Å². The lowest BCUT2D eigenvalue weighted by Gasteiger charge is -2.10. The summed E-state index contributed by atoms with van der Waals surface area (Å²) < 4.78 is 4.20. The maximum absolute atomic E-state index is 5.40. The summed E-state index contributed by atoms with van der Waals surface area (Å²) in [7, 11) is 0. The first kappa shape index (κ1) is 30.5. The Morgan fingerprint density at radius 2 is 0.520 bits per heavy atom. The van der Waals surface area contributed by atoms with Crippen LogP contribution < -0.4 is 0 Å². The van der Waals surface area contributed by atoms with Crippen molar-refractivity contribution in [1.29, 1.82) is 0 Å². The molecule has 7 aromatic rings. The summed E-state index contributed by atoms with van der Waals surface area (Å²) in [6.07, 6.45) is 8.53. The molecule has 0 radical (unpaired) electrons. The number of aromatic nitrogens is 4. The summed E-state index contributed by atoms with van der Waals surface area (Å²) in [5.41, 5.74) is 15.9. The van der Waals surface area contributed by atoms with Gasteiger partial charge >= 0.3 is 0 Å². The quantitative estimate of drug-likeness (QED) is 0.179. The molecule has 0 amide bonds. The van der Waals surface area contributed by atoms with E-state index in [1.165, 1.54) is 0 Å². The second kappa shape index (κ2) is 12.7. The molecule has 4 nitrogen and oxygen atoms in total. The molecule has 238 valence electrons. The Morgan fingerprint density at radius 1 is 0.300 bits per heavy atom. The van der Waals surface area contributed by atoms with Crippen molar-refractivity contribution in [3.63, 3.8) is 0 Å². The predicted octanol–water partition coefficient (Wildman–Crippen LogP) is 12.6. The SMILES string of the molecule is Brn1c2ccc1c(-c1ccccc1)c1nc(c(-c3ccccc3)c3ccc(c(-c4ccccc4)c4nc(c2-c2ccccc2)C=C4)n3Br)C=C1. The van der Waals surface area contributed by atoms with E-state index >= 15 is 0 Å². The van der Waals surface area contributed by atoms with Crippen molar-refractivity contribution in [2.75, 3.05) is 0 Å². The average Bonchev–Trinajstić information content (AvgIpc) is 3.98. The van der Waals surface area contributed by atoms with Gasteiger partial charge in [0, 0.05) is 22.3 Å². The third-order valence-electron chi connectivity index (χ3n) is 9.22. The first-order chi connectivity index (χ1) is 24.7. The molecule has 0 unspecified atom stereocenters. The van der Waals surface area contributed by atoms with E-state index in [0.717, 1.165) is 89.4 Å². The van der Waals surface area contributed by atoms with E-state index in [4.69, 9.17) is 9.97 Å². The number of nitrogens with zero attached hydrogens (tertiary/aromatic N) is 4. The summed E-state index contributed by atoms with van der Waals surface area (Å²) in [4.78, 5) is 10.8. The highest BCUT2D eigenvalue weighted by atomic mass is 79.9. The molecule has 0 saturated heterocycles. The van der Waals surface area contributed by atoms with Crippen LogP contribution in [0.4, 0.5) is 0 Å². The van der Waals surface area contributed by atoms with Crippen LogP contribution in [0.25, 0.3) is 90.9 Å². The first-order valence-electron chi connectivity index (χ1n) is 16.4. The molecule has 6 heteroatoms. The van der Waals surface area contributed by atoms with Gasteiger partial charge in [-0.1, -0.05) is 121 Å². The molecule has 0 N–H and O–H groups in total. The van der Waals surface area contributed by atoms with Gasteiger partial charge in [-0.3, -0.25) is 7.19 Å². The van der Waals surface area contributed by atoms with Gasteiger partial charge in [-0.25, -0.2) is 9.97 Å². The van der Waals surface area contributed by atoms with E-state index < -0.39 is 0 Å². The molecule has 0 saturated carbocycles. The highest BCUT2D eigenvalue weighted by Gasteiger charge is 2.21. The molecular weight excluding hydrogens is 744 g/mol. The number of halogens is 2. The van der Waals surface area contributed by atoms with Gasteiger partial charge < -0.3 is 0 Å². The number of rotatable bonds is 4. The number of hydrogen-bond acceptors (Lipinski definition) is 2. The summed E-state index contributed by atoms with van der Waals surface area (Å²) in [5.74, 6) is 0. The summed E-state index contributed by atoms with van der Waals surface area (Å²) >= 11 is 8.05. The van der Waals surface area contributed by atoms with E-state index in [1.54, 1.807) is 0 Å². The Balaban J connectivity index is 1.53. The number of benzene rings is 4. The van der Waals surface area contributed by atoms with Crippen LogP contribution in [0.5, 0.6) is 0 Å². The second-order valence-electron chi connectivity index (χ2n) is 12.2. The molecule has 2 aliphatic heterocycles. The van der Waals surface area contributed by atoms with E-state index in [0.29, 0.717) is 0 Å². The lowest BCUT2D eigenvalue weighted by molar-refractivity contribution is 1.30. The minimum atomic E-state index is 0.886. The largest absolute Gasteiger partial charge is 0.276 e. The van der Waals surface area contributed by atoms with Crippen LogP contribution in [-0.2, 0) is 0 Å². The fraction of sp³-hybridized carbons (Fsp3) is 0. The first-order valence-corrected chi connectivity index (χ1v) is 17.8. The lowest BCUT2D eigenvalue weighted by Crippen LogP contribution is -1.93. The maximum atomic E-state index is 5.40. The van der Waals surface area contributed by atoms with Crippen molar-refractivity contribution in [3.05, 3.63) is 168 Å². The molecule has 0 spiro atoms. The summed E-state index contributed by atoms with van der Waals surface area (Å²) in [6, 6.07) is 50.6. The monoisotopic (exact) mass is 770 g/mol. The normalized spacial score (nSPS) is 12.0. The standard InChI is InChI=1S/C44H28Br2N4/c45-49-37-25-26-38(49)43(31-17-9-3-10-18-31)35-23-24-36(48-35)44(32-19-11-4-12-20-32)40-28-27-39(50(40)46)42(30-15-7-2-8-16-30)34-22-21-33(47-34)41(37)29-13-5-1-6-14-29/h1-28H. The zero-order valence-corrected chi connectivity index (χ0v) is 29.9. The predicted molar refractivity (Wildman–Crippen MR) is 217 cm³/mol. The molecule has 2 aliphatic rings. The molecule has 5 heterocycles. The lowest BCUT2D eigenvalue weighted by atomic mass is 10.0. The molecule has 0 fully saturated rings. The molecule has 50 heavy (non-hydrogen) atoms. The van der Waals surface area contributed by atoms with Crippen molar-refractivity contribution in [2.24, 2.45) is 0 Å². The fourth-order valence-electron chi connectivity index (χ4n) is 6.97. The van der Waals surface area contributed by atoms with Crippen LogP contribution in [0, 0.1) is 0 Å². The van der Waals surface area contributed by atoms with Crippen molar-refractivity contribution >= 4 is 78.7 Å². The van der Waals surface area contributed by atoms with E-state index in [9.17, 15) is 0 Å². The van der Waals surface area contributed by atoms with Gasteiger partial charge in [-0.05, 0) is 70.8 Å². The van der Waals surface area contributed by atoms with Crippen molar-refractivity contribution in [2.45, 2.75) is 0 Å². The van der Waals surface area contributed by atoms with Gasteiger partial charge in [0.05, 0.1) is 77.1 Å². The average molecular weight is 773 g/mol. The van der Waals surface area contributed by atoms with Gasteiger partial charge in [0.25, 0.3) is 0 Å². The van der Waals surface area contributed by atoms with E-state index in [1.807, 2.05) is 24.3 Å². The molecule has 3 aromatic heterocycles. The highest BCUT2D eigenvalue weighted by molar-refractivity contribution is 9.08. The van der Waals surface area contributed by atoms with Crippen LogP contribution >= 0.6 is 32.3 Å². The number of hydrogen-bond donors (Lipinski definition) is 0. The Labute approximate surface area is 307 Å². The fourth-order valence-corrected chi connectivity index (χ4v) is 8.15. The van der Waals surface area contributed by atoms with Crippen LogP contribution in [0.2, 0.25) is 0 Å². The van der Waals surface area contributed by atoms with E-state index in [2.05, 4.69) is 185 Å². The zero-order chi connectivity index (χ0) is 33.6. The topological polar surface area (TPSA) is 35.6 Å². The van der Waals surface area contributed by atoms with Crippen LogP contribution in [0.1, 0.15) is 22.8 Å². The zero-order valence-electron chi connectivity index (χ0n) is 26.7. The van der Waals surface area contributed by atoms with Crippen LogP contribution in [0.15, 0.2) is 146 Å². The Morgan fingerprint density at radius 3 is 0.740 bits per heavy atom. The van der Waals surface area contributed by atoms with Gasteiger partial charge in [-0.2, -0.15) is 0 Å². The van der Waals surface area contributed by atoms with Gasteiger partial charge in [-0.15, -0.1) is 0 Å². The Bertz CT molecular complexity index is 2280. The van der Waals surface area contributed by atoms with E-state index in [-0.39, 0.29) is 0 Å². The highest BCUT2D eigenvalue weighted by Crippen LogP contribution is 2.40. The minimum Gasteiger partial charge on any atom is -0.276 e. The smallest absolute Gasteiger partial charge is 0.0737 e. The summed E-state index contributed by atoms with van der Waals surface area (Å²) in [6.45, 7) is 0. The van der Waals surface area contributed by atoms with Crippen molar-refractivity contribution in [3.8, 4) is 44.5 Å². The van der Waals surface area contributed by atoms with Crippen LogP contribution in [-0.4, -0.2) is 17.2 Å². The van der Waals surface area contributed by atoms with Crippen molar-refractivity contribution in [1.82, 2.24) is 17.2 Å². The minimum absolute atomic E-state index is 0.886. The maximum Gasteiger partial charge on any atom is 0.0737 e. The second-order valence-corrected chi connectivity index (χ2v) is 13.6. The third-order valence-corrected chi connectivity index (χ3v) is 10.8. The van der Waals surface area contributed by atoms with Crippen LogP contribution in [0.3, 0.4) is 0 Å². The molecule has 9 rings (SSSR count). The van der Waals surface area contributed by atoms with Gasteiger partial charge in [0.1, 0.15) is 0 Å². The molecule has 0 atom stereocenters. The van der Waals surface area contributed by atoms with Gasteiger partial charge in [0.2, 0.25) is 0 Å².